The second-order valence-electron chi connectivity index (χ2n) is 3.31. The van der Waals surface area contributed by atoms with Crippen LogP contribution in [0.1, 0.15) is 16.1 Å². The maximum atomic E-state index is 11.8. The number of hydrogen-bond donors (Lipinski definition) is 3. The maximum absolute atomic E-state index is 11.8. The molecule has 0 atom stereocenters. The van der Waals surface area contributed by atoms with Gasteiger partial charge in [0.2, 0.25) is 0 Å². The molecule has 5 nitrogen and oxygen atoms in total. The zero-order valence-electron chi connectivity index (χ0n) is 8.60. The van der Waals surface area contributed by atoms with Crippen LogP contribution in [0.15, 0.2) is 36.8 Å². The van der Waals surface area contributed by atoms with Crippen LogP contribution < -0.4 is 11.1 Å². The summed E-state index contributed by atoms with van der Waals surface area (Å²) in [6.45, 7) is 0.396. The Kier molecular flexibility index (Phi) is 2.98. The summed E-state index contributed by atoms with van der Waals surface area (Å²) in [7, 11) is 0. The highest BCUT2D eigenvalue weighted by molar-refractivity contribution is 6.02. The number of nitrogens with zero attached hydrogens (tertiary/aromatic N) is 1. The molecule has 0 fully saturated rings. The third kappa shape index (κ3) is 2.26. The Morgan fingerprint density at radius 2 is 2.38 bits per heavy atom. The van der Waals surface area contributed by atoms with Crippen LogP contribution in [-0.2, 0) is 6.54 Å². The number of anilines is 1. The van der Waals surface area contributed by atoms with Gasteiger partial charge >= 0.3 is 0 Å². The largest absolute Gasteiger partial charge is 0.366 e. The van der Waals surface area contributed by atoms with Crippen molar-refractivity contribution < 1.29 is 4.79 Å². The van der Waals surface area contributed by atoms with Crippen molar-refractivity contribution in [1.29, 1.82) is 0 Å². The summed E-state index contributed by atoms with van der Waals surface area (Å²) in [6, 6.07) is 5.24. The predicted octanol–water partition coefficient (Wildman–Crippen LogP) is 1.12. The van der Waals surface area contributed by atoms with Gasteiger partial charge < -0.3 is 16.0 Å². The van der Waals surface area contributed by atoms with Gasteiger partial charge in [0.1, 0.15) is 5.69 Å². The molecule has 0 aliphatic rings. The van der Waals surface area contributed by atoms with E-state index in [0.29, 0.717) is 17.9 Å². The number of aromatic nitrogens is 2. The molecule has 0 unspecified atom stereocenters. The molecular weight excluding hydrogens is 204 g/mol. The number of rotatable bonds is 3. The van der Waals surface area contributed by atoms with E-state index in [9.17, 15) is 4.79 Å². The van der Waals surface area contributed by atoms with Gasteiger partial charge in [0.25, 0.3) is 5.91 Å². The number of carbonyl (C=O) groups excluding carboxylic acids is 1. The molecule has 2 aromatic rings. The molecule has 0 saturated heterocycles. The van der Waals surface area contributed by atoms with Crippen molar-refractivity contribution in [2.75, 3.05) is 5.32 Å². The lowest BCUT2D eigenvalue weighted by Gasteiger charge is -2.03. The summed E-state index contributed by atoms with van der Waals surface area (Å²) in [5, 5.41) is 2.72. The fourth-order valence-electron chi connectivity index (χ4n) is 1.32. The van der Waals surface area contributed by atoms with Crippen molar-refractivity contribution in [3.63, 3.8) is 0 Å². The van der Waals surface area contributed by atoms with Crippen molar-refractivity contribution in [1.82, 2.24) is 9.97 Å². The number of aromatic amines is 1. The fourth-order valence-corrected chi connectivity index (χ4v) is 1.32. The first-order valence-corrected chi connectivity index (χ1v) is 4.89. The molecule has 0 saturated carbocycles. The van der Waals surface area contributed by atoms with E-state index in [4.69, 9.17) is 5.73 Å². The number of nitrogens with two attached hydrogens (primary N) is 1. The van der Waals surface area contributed by atoms with E-state index in [1.165, 1.54) is 0 Å². The number of H-pyrrole nitrogens is 1. The number of carbonyl (C=O) groups is 1. The number of pyridine rings is 1. The molecule has 2 heterocycles. The van der Waals surface area contributed by atoms with Crippen molar-refractivity contribution in [3.8, 4) is 0 Å². The first-order chi connectivity index (χ1) is 7.79. The molecule has 2 aromatic heterocycles. The Labute approximate surface area is 92.7 Å². The van der Waals surface area contributed by atoms with Crippen LogP contribution in [0.25, 0.3) is 0 Å². The van der Waals surface area contributed by atoms with Crippen LogP contribution >= 0.6 is 0 Å². The minimum absolute atomic E-state index is 0.241. The number of amides is 1. The molecule has 0 aliphatic carbocycles. The van der Waals surface area contributed by atoms with Gasteiger partial charge in [-0.15, -0.1) is 0 Å². The highest BCUT2D eigenvalue weighted by Gasteiger charge is 2.07. The van der Waals surface area contributed by atoms with E-state index in [0.717, 1.165) is 5.56 Å². The van der Waals surface area contributed by atoms with Crippen LogP contribution in [0.3, 0.4) is 0 Å². The number of nitrogens with one attached hydrogen (secondary N) is 2. The molecule has 0 radical (unpaired) electrons. The average molecular weight is 216 g/mol. The normalized spacial score (nSPS) is 10.1. The topological polar surface area (TPSA) is 83.8 Å². The zero-order chi connectivity index (χ0) is 11.4. The van der Waals surface area contributed by atoms with Crippen LogP contribution in [0.5, 0.6) is 0 Å². The Morgan fingerprint density at radius 1 is 1.50 bits per heavy atom. The van der Waals surface area contributed by atoms with Crippen LogP contribution in [-0.4, -0.2) is 15.9 Å². The van der Waals surface area contributed by atoms with Gasteiger partial charge in [-0.2, -0.15) is 0 Å². The van der Waals surface area contributed by atoms with E-state index in [2.05, 4.69) is 15.3 Å². The highest BCUT2D eigenvalue weighted by atomic mass is 16.1. The van der Waals surface area contributed by atoms with E-state index in [1.54, 1.807) is 36.8 Å². The Hall–Kier alpha value is -2.14. The monoisotopic (exact) mass is 216 g/mol. The lowest BCUT2D eigenvalue weighted by molar-refractivity contribution is 0.102. The molecule has 0 aromatic carbocycles. The lowest BCUT2D eigenvalue weighted by atomic mass is 10.2. The van der Waals surface area contributed by atoms with Crippen LogP contribution in [0.2, 0.25) is 0 Å². The molecular formula is C11H12N4O. The van der Waals surface area contributed by atoms with Gasteiger partial charge in [-0.05, 0) is 23.8 Å². The summed E-state index contributed by atoms with van der Waals surface area (Å²) in [4.78, 5) is 18.6. The molecule has 16 heavy (non-hydrogen) atoms. The SMILES string of the molecule is NCc1ccnc(C(=O)Nc2cc[nH]c2)c1. The zero-order valence-corrected chi connectivity index (χ0v) is 8.60. The molecule has 0 aliphatic heterocycles. The average Bonchev–Trinajstić information content (AvgIpc) is 2.82. The first kappa shape index (κ1) is 10.4. The van der Waals surface area contributed by atoms with Crippen LogP contribution in [0.4, 0.5) is 5.69 Å². The minimum Gasteiger partial charge on any atom is -0.366 e. The Morgan fingerprint density at radius 3 is 3.06 bits per heavy atom. The van der Waals surface area contributed by atoms with Gasteiger partial charge in [0, 0.05) is 25.1 Å². The molecule has 4 N–H and O–H groups in total. The van der Waals surface area contributed by atoms with Gasteiger partial charge in [-0.3, -0.25) is 9.78 Å². The molecule has 0 bridgehead atoms. The molecule has 82 valence electrons. The third-order valence-electron chi connectivity index (χ3n) is 2.15. The summed E-state index contributed by atoms with van der Waals surface area (Å²) >= 11 is 0. The molecule has 2 rings (SSSR count). The summed E-state index contributed by atoms with van der Waals surface area (Å²) in [5.41, 5.74) is 7.45. The second kappa shape index (κ2) is 4.59. The van der Waals surface area contributed by atoms with E-state index in [-0.39, 0.29) is 5.91 Å². The van der Waals surface area contributed by atoms with Gasteiger partial charge in [0.15, 0.2) is 0 Å². The Bertz CT molecular complexity index is 478. The minimum atomic E-state index is -0.241. The van der Waals surface area contributed by atoms with Crippen molar-refractivity contribution in [2.24, 2.45) is 5.73 Å². The lowest BCUT2D eigenvalue weighted by Crippen LogP contribution is -2.13. The molecule has 0 spiro atoms. The predicted molar refractivity (Wildman–Crippen MR) is 60.9 cm³/mol. The van der Waals surface area contributed by atoms with Gasteiger partial charge in [-0.25, -0.2) is 0 Å². The van der Waals surface area contributed by atoms with Gasteiger partial charge in [0.05, 0.1) is 5.69 Å². The smallest absolute Gasteiger partial charge is 0.274 e. The van der Waals surface area contributed by atoms with Crippen LogP contribution in [0, 0.1) is 0 Å². The maximum Gasteiger partial charge on any atom is 0.274 e. The fraction of sp³-hybridized carbons (Fsp3) is 0.0909. The standard InChI is InChI=1S/C11H12N4O/c12-6-8-1-4-14-10(5-8)11(16)15-9-2-3-13-7-9/h1-5,7,13H,6,12H2,(H,15,16). The van der Waals surface area contributed by atoms with E-state index < -0.39 is 0 Å². The van der Waals surface area contributed by atoms with Crippen molar-refractivity contribution in [2.45, 2.75) is 6.54 Å². The van der Waals surface area contributed by atoms with Crippen molar-refractivity contribution in [3.05, 3.63) is 48.0 Å². The highest BCUT2D eigenvalue weighted by Crippen LogP contribution is 2.07. The van der Waals surface area contributed by atoms with E-state index in [1.807, 2.05) is 0 Å². The second-order valence-corrected chi connectivity index (χ2v) is 3.31. The molecule has 5 heteroatoms. The van der Waals surface area contributed by atoms with Crippen molar-refractivity contribution >= 4 is 11.6 Å². The van der Waals surface area contributed by atoms with E-state index >= 15 is 0 Å². The Balaban J connectivity index is 2.14. The summed E-state index contributed by atoms with van der Waals surface area (Å²) < 4.78 is 0. The summed E-state index contributed by atoms with van der Waals surface area (Å²) in [5.74, 6) is -0.241. The first-order valence-electron chi connectivity index (χ1n) is 4.89. The molecule has 1 amide bonds. The van der Waals surface area contributed by atoms with Gasteiger partial charge in [-0.1, -0.05) is 0 Å². The quantitative estimate of drug-likeness (QED) is 0.718. The number of hydrogen-bond acceptors (Lipinski definition) is 3. The summed E-state index contributed by atoms with van der Waals surface area (Å²) in [6.07, 6.45) is 5.01. The third-order valence-corrected chi connectivity index (χ3v) is 2.15.